The first kappa shape index (κ1) is 27.1. The van der Waals surface area contributed by atoms with Gasteiger partial charge in [-0.25, -0.2) is 14.2 Å². The number of hydrogen-bond donors (Lipinski definition) is 2. The number of ether oxygens (including phenoxy) is 2. The number of aromatic amines is 1. The van der Waals surface area contributed by atoms with Crippen molar-refractivity contribution >= 4 is 17.0 Å². The predicted octanol–water partition coefficient (Wildman–Crippen LogP) is 4.98. The number of nitrogens with one attached hydrogen (secondary N) is 1. The number of esters is 1. The van der Waals surface area contributed by atoms with Crippen LogP contribution in [-0.4, -0.2) is 65.4 Å². The van der Waals surface area contributed by atoms with E-state index < -0.39 is 5.60 Å². The number of imidazole rings is 1. The number of H-pyrrole nitrogens is 1. The van der Waals surface area contributed by atoms with Crippen molar-refractivity contribution in [1.29, 1.82) is 0 Å². The summed E-state index contributed by atoms with van der Waals surface area (Å²) >= 11 is 0. The third-order valence-corrected chi connectivity index (χ3v) is 7.45. The van der Waals surface area contributed by atoms with Crippen LogP contribution in [0, 0.1) is 11.7 Å². The van der Waals surface area contributed by atoms with Crippen molar-refractivity contribution in [1.82, 2.24) is 14.9 Å². The highest BCUT2D eigenvalue weighted by Gasteiger charge is 2.47. The van der Waals surface area contributed by atoms with Crippen molar-refractivity contribution in [2.24, 2.45) is 5.92 Å². The normalized spacial score (nSPS) is 19.5. The molecule has 0 unspecified atom stereocenters. The van der Waals surface area contributed by atoms with Gasteiger partial charge in [0.15, 0.2) is 0 Å². The van der Waals surface area contributed by atoms with Gasteiger partial charge in [0.05, 0.1) is 11.0 Å². The van der Waals surface area contributed by atoms with Gasteiger partial charge in [0.2, 0.25) is 0 Å². The second-order valence-corrected chi connectivity index (χ2v) is 10.6. The van der Waals surface area contributed by atoms with Crippen LogP contribution < -0.4 is 0 Å². The van der Waals surface area contributed by atoms with E-state index in [-0.39, 0.29) is 36.0 Å². The van der Waals surface area contributed by atoms with Gasteiger partial charge in [0.25, 0.3) is 0 Å². The van der Waals surface area contributed by atoms with E-state index in [2.05, 4.69) is 35.8 Å². The van der Waals surface area contributed by atoms with Crippen molar-refractivity contribution in [2.75, 3.05) is 33.9 Å². The number of benzene rings is 2. The molecule has 1 aromatic heterocycles. The molecule has 1 aliphatic rings. The lowest BCUT2D eigenvalue weighted by Gasteiger charge is -2.47. The zero-order chi connectivity index (χ0) is 26.6. The molecule has 1 aliphatic carbocycles. The second-order valence-electron chi connectivity index (χ2n) is 10.6. The summed E-state index contributed by atoms with van der Waals surface area (Å²) in [6.45, 7) is 5.80. The molecule has 0 saturated carbocycles. The third-order valence-electron chi connectivity index (χ3n) is 7.45. The number of nitrogens with zero attached hydrogens (tertiary/aromatic N) is 2. The predicted molar refractivity (Wildman–Crippen MR) is 141 cm³/mol. The van der Waals surface area contributed by atoms with Crippen LogP contribution in [0.3, 0.4) is 0 Å². The Morgan fingerprint density at radius 1 is 1.27 bits per heavy atom. The molecule has 7 nitrogen and oxygen atoms in total. The van der Waals surface area contributed by atoms with Crippen molar-refractivity contribution in [3.63, 3.8) is 0 Å². The van der Waals surface area contributed by atoms with E-state index >= 15 is 0 Å². The largest absolute Gasteiger partial charge is 0.508 e. The molecule has 0 spiro atoms. The molecule has 1 heterocycles. The summed E-state index contributed by atoms with van der Waals surface area (Å²) < 4.78 is 25.3. The summed E-state index contributed by atoms with van der Waals surface area (Å²) in [6, 6.07) is 10.1. The van der Waals surface area contributed by atoms with Gasteiger partial charge in [0.1, 0.15) is 29.6 Å². The Hall–Kier alpha value is -2.97. The van der Waals surface area contributed by atoms with Gasteiger partial charge in [0, 0.05) is 38.5 Å². The van der Waals surface area contributed by atoms with E-state index in [9.17, 15) is 14.3 Å². The fourth-order valence-electron chi connectivity index (χ4n) is 5.84. The van der Waals surface area contributed by atoms with Crippen LogP contribution in [0.15, 0.2) is 36.4 Å². The molecule has 3 aromatic rings. The van der Waals surface area contributed by atoms with Crippen LogP contribution in [0.2, 0.25) is 0 Å². The number of halogens is 1. The Bertz CT molecular complexity index is 1230. The molecular weight excluding hydrogens is 473 g/mol. The van der Waals surface area contributed by atoms with E-state index in [0.29, 0.717) is 19.3 Å². The number of hydrogen-bond acceptors (Lipinski definition) is 6. The Morgan fingerprint density at radius 2 is 2.08 bits per heavy atom. The zero-order valence-corrected chi connectivity index (χ0v) is 22.2. The van der Waals surface area contributed by atoms with Gasteiger partial charge in [-0.1, -0.05) is 19.9 Å². The van der Waals surface area contributed by atoms with Crippen LogP contribution >= 0.6 is 0 Å². The Kier molecular flexibility index (Phi) is 8.49. The summed E-state index contributed by atoms with van der Waals surface area (Å²) in [5.74, 6) is 0.701. The van der Waals surface area contributed by atoms with Crippen molar-refractivity contribution in [3.8, 4) is 5.75 Å². The average molecular weight is 512 g/mol. The van der Waals surface area contributed by atoms with Gasteiger partial charge in [-0.05, 0) is 74.2 Å². The molecule has 0 bridgehead atoms. The van der Waals surface area contributed by atoms with Gasteiger partial charge in [-0.15, -0.1) is 0 Å². The van der Waals surface area contributed by atoms with Crippen molar-refractivity contribution in [2.45, 2.75) is 57.5 Å². The second kappa shape index (κ2) is 11.6. The van der Waals surface area contributed by atoms with Gasteiger partial charge in [-0.3, -0.25) is 0 Å². The maximum Gasteiger partial charge on any atom is 0.332 e. The molecule has 2 N–H and O–H groups in total. The number of aromatic hydroxyl groups is 1. The maximum atomic E-state index is 14.0. The lowest BCUT2D eigenvalue weighted by molar-refractivity contribution is -0.172. The summed E-state index contributed by atoms with van der Waals surface area (Å²) in [7, 11) is 3.57. The van der Waals surface area contributed by atoms with Crippen molar-refractivity contribution in [3.05, 3.63) is 59.2 Å². The Balaban J connectivity index is 1.44. The van der Waals surface area contributed by atoms with Gasteiger partial charge >= 0.3 is 5.97 Å². The minimum atomic E-state index is -0.677. The molecule has 0 saturated heterocycles. The minimum absolute atomic E-state index is 0.0296. The average Bonchev–Trinajstić information content (AvgIpc) is 3.24. The number of methoxy groups -OCH3 is 1. The molecule has 0 aliphatic heterocycles. The topological polar surface area (TPSA) is 87.7 Å². The molecule has 2 aromatic carbocycles. The molecular formula is C29H38FN3O4. The Morgan fingerprint density at radius 3 is 2.84 bits per heavy atom. The molecule has 0 radical (unpaired) electrons. The summed E-state index contributed by atoms with van der Waals surface area (Å²) in [5.41, 5.74) is 3.08. The minimum Gasteiger partial charge on any atom is -0.508 e. The fourth-order valence-corrected chi connectivity index (χ4v) is 5.84. The van der Waals surface area contributed by atoms with Crippen LogP contribution in [-0.2, 0) is 27.1 Å². The van der Waals surface area contributed by atoms with Crippen LogP contribution in [0.25, 0.3) is 11.0 Å². The number of rotatable bonds is 11. The standard InChI is InChI=1S/C29H38FN3O4/c1-19(2)28-23-9-7-21(30)16-20(23)11-12-29(28,37-27(35)18-36-4)13-15-33(3)14-5-6-26-31-24-10-8-22(34)17-25(24)32-26/h7-10,16-17,19,28,34H,5-6,11-15,18H2,1-4H3,(H,31,32)/t28-,29-/m0/s1. The molecule has 0 fully saturated rings. The van der Waals surface area contributed by atoms with Crippen molar-refractivity contribution < 1.29 is 23.8 Å². The molecule has 2 atom stereocenters. The summed E-state index contributed by atoms with van der Waals surface area (Å²) in [6.07, 6.45) is 3.71. The number of aryl methyl sites for hydroxylation is 2. The van der Waals surface area contributed by atoms with E-state index in [4.69, 9.17) is 9.47 Å². The summed E-state index contributed by atoms with van der Waals surface area (Å²) in [5, 5.41) is 9.67. The van der Waals surface area contributed by atoms with E-state index in [1.54, 1.807) is 18.2 Å². The van der Waals surface area contributed by atoms with Gasteiger partial charge in [-0.2, -0.15) is 0 Å². The third kappa shape index (κ3) is 6.30. The summed E-state index contributed by atoms with van der Waals surface area (Å²) in [4.78, 5) is 22.8. The number of carbonyl (C=O) groups is 1. The van der Waals surface area contributed by atoms with Crippen LogP contribution in [0.4, 0.5) is 4.39 Å². The Labute approximate surface area is 218 Å². The lowest BCUT2D eigenvalue weighted by Crippen LogP contribution is -2.49. The molecule has 37 heavy (non-hydrogen) atoms. The maximum absolute atomic E-state index is 14.0. The number of phenolic OH excluding ortho intramolecular Hbond substituents is 1. The zero-order valence-electron chi connectivity index (χ0n) is 22.2. The number of phenols is 1. The molecule has 200 valence electrons. The molecule has 0 amide bonds. The van der Waals surface area contributed by atoms with E-state index in [0.717, 1.165) is 53.9 Å². The highest BCUT2D eigenvalue weighted by molar-refractivity contribution is 5.76. The molecule has 8 heteroatoms. The lowest BCUT2D eigenvalue weighted by atomic mass is 9.65. The highest BCUT2D eigenvalue weighted by atomic mass is 19.1. The first-order valence-corrected chi connectivity index (χ1v) is 13.1. The quantitative estimate of drug-likeness (QED) is 0.353. The number of aromatic nitrogens is 2. The van der Waals surface area contributed by atoms with Gasteiger partial charge < -0.3 is 24.5 Å². The monoisotopic (exact) mass is 511 g/mol. The van der Waals surface area contributed by atoms with Crippen LogP contribution in [0.5, 0.6) is 5.75 Å². The highest BCUT2D eigenvalue weighted by Crippen LogP contribution is 2.48. The fraction of sp³-hybridized carbons (Fsp3) is 0.517. The van der Waals surface area contributed by atoms with Crippen LogP contribution in [0.1, 0.15) is 56.0 Å². The SMILES string of the molecule is COCC(=O)O[C@]1(CCN(C)CCCc2nc3ccc(O)cc3[nH]2)CCc2cc(F)ccc2[C@@H]1C(C)C. The number of carbonyl (C=O) groups excluding carboxylic acids is 1. The molecule has 4 rings (SSSR count). The van der Waals surface area contributed by atoms with E-state index in [1.807, 2.05) is 12.1 Å². The first-order valence-electron chi connectivity index (χ1n) is 13.1. The van der Waals surface area contributed by atoms with E-state index in [1.165, 1.54) is 13.2 Å². The number of fused-ring (bicyclic) bond motifs is 2. The first-order chi connectivity index (χ1) is 17.7. The smallest absolute Gasteiger partial charge is 0.332 e.